The zero-order chi connectivity index (χ0) is 19.2. The summed E-state index contributed by atoms with van der Waals surface area (Å²) in [7, 11) is 2.70. The van der Waals surface area contributed by atoms with Crippen LogP contribution in [0.1, 0.15) is 24.5 Å². The lowest BCUT2D eigenvalue weighted by Crippen LogP contribution is -2.22. The van der Waals surface area contributed by atoms with E-state index in [1.165, 1.54) is 36.1 Å². The predicted octanol–water partition coefficient (Wildman–Crippen LogP) is 7.79. The molecule has 2 aromatic rings. The topological polar surface area (TPSA) is 18.5 Å². The van der Waals surface area contributed by atoms with Gasteiger partial charge in [0.2, 0.25) is 0 Å². The second-order valence-electron chi connectivity index (χ2n) is 5.78. The van der Waals surface area contributed by atoms with Gasteiger partial charge in [-0.05, 0) is 50.3 Å². The summed E-state index contributed by atoms with van der Waals surface area (Å²) in [5, 5.41) is 0. The van der Waals surface area contributed by atoms with Gasteiger partial charge in [-0.3, -0.25) is 0 Å². The molecule has 26 heavy (non-hydrogen) atoms. The summed E-state index contributed by atoms with van der Waals surface area (Å²) >= 11 is 4.24. The Labute approximate surface area is 189 Å². The molecule has 2 unspecified atom stereocenters. The van der Waals surface area contributed by atoms with E-state index in [4.69, 9.17) is 8.37 Å². The molecule has 0 radical (unpaired) electrons. The lowest BCUT2D eigenvalue weighted by Gasteiger charge is -2.22. The smallest absolute Gasteiger partial charge is 0.123 e. The van der Waals surface area contributed by atoms with Crippen LogP contribution in [0.15, 0.2) is 54.6 Å². The molecular weight excluding hydrogens is 597 g/mol. The number of hydrogen-bond donors (Lipinski definition) is 0. The fourth-order valence-corrected chi connectivity index (χ4v) is 4.28. The van der Waals surface area contributed by atoms with Crippen molar-refractivity contribution in [3.8, 4) is 0 Å². The highest BCUT2D eigenvalue weighted by Gasteiger charge is 2.19. The van der Waals surface area contributed by atoms with Crippen LogP contribution in [0.25, 0.3) is 0 Å². The summed E-state index contributed by atoms with van der Waals surface area (Å²) in [6, 6.07) is 16.9. The molecule has 2 nitrogen and oxygen atoms in total. The molecule has 0 heterocycles. The molecule has 0 bridgehead atoms. The van der Waals surface area contributed by atoms with Crippen LogP contribution in [-0.4, -0.2) is 12.7 Å². The molecule has 7 heteroatoms. The van der Waals surface area contributed by atoms with E-state index in [0.29, 0.717) is 12.5 Å². The van der Waals surface area contributed by atoms with E-state index < -0.39 is 0 Å². The van der Waals surface area contributed by atoms with Gasteiger partial charge in [0.25, 0.3) is 0 Å². The third kappa shape index (κ3) is 11.3. The number of aryl methyl sites for hydroxylation is 1. The van der Waals surface area contributed by atoms with Crippen LogP contribution in [0.2, 0.25) is 0 Å². The molecular formula is C19H23FI2O2S2. The molecule has 0 spiro atoms. The molecule has 0 amide bonds. The largest absolute Gasteiger partial charge is 0.305 e. The van der Waals surface area contributed by atoms with E-state index in [1.54, 1.807) is 0 Å². The molecule has 144 valence electrons. The number of benzene rings is 2. The molecule has 2 rings (SSSR count). The van der Waals surface area contributed by atoms with Crippen LogP contribution in [0.3, 0.4) is 0 Å². The Kier molecular flexibility index (Phi) is 14.5. The quantitative estimate of drug-likeness (QED) is 0.162. The number of rotatable bonds is 9. The minimum absolute atomic E-state index is 0.134. The van der Waals surface area contributed by atoms with Gasteiger partial charge in [0.1, 0.15) is 5.82 Å². The highest BCUT2D eigenvalue weighted by Crippen LogP contribution is 2.26. The standard InChI is InChI=1S/C12H15FI2O2S2.C7H8/c1-9(17-19-15)11(6-7-16-18-14)8-10-2-4-12(13)5-3-10;1-7-5-3-2-4-6-7/h2-5,9,11H,6-8H2,1H3;2-6H,1H3. The predicted molar refractivity (Wildman–Crippen MR) is 129 cm³/mol. The van der Waals surface area contributed by atoms with E-state index in [-0.39, 0.29) is 11.9 Å². The van der Waals surface area contributed by atoms with Gasteiger partial charge >= 0.3 is 0 Å². The third-order valence-corrected chi connectivity index (χ3v) is 5.84. The second-order valence-corrected chi connectivity index (χ2v) is 8.62. The van der Waals surface area contributed by atoms with Crippen molar-refractivity contribution in [3.63, 3.8) is 0 Å². The SMILES string of the molecule is CC(OSI)C(CCOSI)Cc1ccc(F)cc1.Cc1ccccc1. The summed E-state index contributed by atoms with van der Waals surface area (Å²) in [5.74, 6) is 0.160. The fourth-order valence-electron chi connectivity index (χ4n) is 2.33. The molecule has 2 atom stereocenters. The normalized spacial score (nSPS) is 12.8. The zero-order valence-electron chi connectivity index (χ0n) is 14.7. The van der Waals surface area contributed by atoms with Crippen molar-refractivity contribution in [1.82, 2.24) is 0 Å². The lowest BCUT2D eigenvalue weighted by molar-refractivity contribution is 0.161. The van der Waals surface area contributed by atoms with Crippen LogP contribution in [0.5, 0.6) is 0 Å². The van der Waals surface area contributed by atoms with Crippen molar-refractivity contribution in [2.24, 2.45) is 5.92 Å². The third-order valence-electron chi connectivity index (χ3n) is 3.82. The van der Waals surface area contributed by atoms with E-state index in [0.717, 1.165) is 18.4 Å². The van der Waals surface area contributed by atoms with E-state index >= 15 is 0 Å². The number of halogens is 3. The average Bonchev–Trinajstić information content (AvgIpc) is 2.64. The van der Waals surface area contributed by atoms with Crippen molar-refractivity contribution < 1.29 is 12.8 Å². The molecule has 0 saturated carbocycles. The zero-order valence-corrected chi connectivity index (χ0v) is 20.7. The first-order valence-corrected chi connectivity index (χ1v) is 14.7. The first kappa shape index (κ1) is 24.5. The summed E-state index contributed by atoms with van der Waals surface area (Å²) in [5.41, 5.74) is 2.45. The summed E-state index contributed by atoms with van der Waals surface area (Å²) in [4.78, 5) is 0. The van der Waals surface area contributed by atoms with E-state index in [1.807, 2.05) is 30.3 Å². The highest BCUT2D eigenvalue weighted by atomic mass is 127. The maximum absolute atomic E-state index is 12.9. The Morgan fingerprint density at radius 3 is 2.15 bits per heavy atom. The van der Waals surface area contributed by atoms with Gasteiger partial charge in [0, 0.05) is 42.4 Å². The van der Waals surface area contributed by atoms with Crippen LogP contribution in [-0.2, 0) is 14.8 Å². The Hall–Kier alpha value is 0.450. The van der Waals surface area contributed by atoms with Crippen molar-refractivity contribution in [2.45, 2.75) is 32.8 Å². The van der Waals surface area contributed by atoms with Gasteiger partial charge in [0.05, 0.1) is 31.1 Å². The van der Waals surface area contributed by atoms with Crippen molar-refractivity contribution in [1.29, 1.82) is 0 Å². The van der Waals surface area contributed by atoms with Gasteiger partial charge in [-0.2, -0.15) is 0 Å². The Balaban J connectivity index is 0.000000401. The summed E-state index contributed by atoms with van der Waals surface area (Å²) in [6.45, 7) is 4.84. The van der Waals surface area contributed by atoms with Crippen LogP contribution < -0.4 is 0 Å². The minimum Gasteiger partial charge on any atom is -0.305 e. The van der Waals surface area contributed by atoms with E-state index in [9.17, 15) is 4.39 Å². The van der Waals surface area contributed by atoms with Crippen molar-refractivity contribution >= 4 is 60.8 Å². The van der Waals surface area contributed by atoms with Gasteiger partial charge < -0.3 is 8.37 Å². The molecule has 0 N–H and O–H groups in total. The maximum atomic E-state index is 12.9. The van der Waals surface area contributed by atoms with Crippen molar-refractivity contribution in [3.05, 3.63) is 71.5 Å². The van der Waals surface area contributed by atoms with Gasteiger partial charge in [-0.25, -0.2) is 4.39 Å². The van der Waals surface area contributed by atoms with Crippen LogP contribution in [0.4, 0.5) is 4.39 Å². The van der Waals surface area contributed by atoms with Crippen molar-refractivity contribution in [2.75, 3.05) is 6.61 Å². The monoisotopic (exact) mass is 620 g/mol. The second kappa shape index (κ2) is 15.4. The molecule has 0 aromatic heterocycles. The molecule has 0 aliphatic rings. The average molecular weight is 620 g/mol. The molecule has 0 saturated heterocycles. The van der Waals surface area contributed by atoms with Gasteiger partial charge in [-0.15, -0.1) is 0 Å². The highest BCUT2D eigenvalue weighted by molar-refractivity contribution is 14.2. The van der Waals surface area contributed by atoms with Gasteiger partial charge in [0.15, 0.2) is 0 Å². The first-order chi connectivity index (χ1) is 12.6. The molecule has 2 aromatic carbocycles. The fraction of sp³-hybridized carbons (Fsp3) is 0.368. The summed E-state index contributed by atoms with van der Waals surface area (Å²) in [6.07, 6.45) is 1.93. The first-order valence-electron chi connectivity index (χ1n) is 8.17. The maximum Gasteiger partial charge on any atom is 0.123 e. The Bertz CT molecular complexity index is 588. The molecule has 0 fully saturated rings. The minimum atomic E-state index is -0.197. The lowest BCUT2D eigenvalue weighted by atomic mass is 9.92. The Morgan fingerprint density at radius 1 is 1.00 bits per heavy atom. The van der Waals surface area contributed by atoms with Crippen LogP contribution in [0, 0.1) is 18.7 Å². The van der Waals surface area contributed by atoms with Crippen LogP contribution >= 0.6 is 60.8 Å². The number of hydrogen-bond acceptors (Lipinski definition) is 4. The molecule has 0 aliphatic carbocycles. The Morgan fingerprint density at radius 2 is 1.65 bits per heavy atom. The molecule has 0 aliphatic heterocycles. The van der Waals surface area contributed by atoms with Gasteiger partial charge in [-0.1, -0.05) is 48.0 Å². The summed E-state index contributed by atoms with van der Waals surface area (Å²) < 4.78 is 23.8. The van der Waals surface area contributed by atoms with E-state index in [2.05, 4.69) is 68.4 Å².